The number of halogens is 1. The van der Waals surface area contributed by atoms with Crippen LogP contribution in [0.1, 0.15) is 26.3 Å². The molecule has 0 aliphatic carbocycles. The minimum Gasteiger partial charge on any atom is -0.392 e. The number of nitrogens with zero attached hydrogens (tertiary/aromatic N) is 1. The first-order valence-electron chi connectivity index (χ1n) is 5.68. The average molecular weight is 298 g/mol. The van der Waals surface area contributed by atoms with Gasteiger partial charge in [-0.2, -0.15) is 0 Å². The van der Waals surface area contributed by atoms with E-state index < -0.39 is 0 Å². The lowest BCUT2D eigenvalue weighted by Gasteiger charge is -2.38. The molecule has 0 amide bonds. The molecule has 1 rings (SSSR count). The van der Waals surface area contributed by atoms with Gasteiger partial charge in [0, 0.05) is 27.8 Å². The maximum absolute atomic E-state index is 9.42. The van der Waals surface area contributed by atoms with Gasteiger partial charge >= 0.3 is 0 Å². The van der Waals surface area contributed by atoms with Crippen molar-refractivity contribution >= 4 is 21.6 Å². The summed E-state index contributed by atoms with van der Waals surface area (Å²) in [6.07, 6.45) is 1.88. The Kier molecular flexibility index (Phi) is 4.78. The standard InChI is InChI=1S/C14H20BrNO/c1-5-8-16(14(2,3)4)13-9-12(15)7-6-11(13)10-17/h5-7,9,17H,1,8,10H2,2-4H3. The van der Waals surface area contributed by atoms with Crippen LogP contribution in [0.5, 0.6) is 0 Å². The first-order chi connectivity index (χ1) is 7.90. The number of benzene rings is 1. The summed E-state index contributed by atoms with van der Waals surface area (Å²) in [7, 11) is 0. The van der Waals surface area contributed by atoms with Crippen LogP contribution in [-0.4, -0.2) is 17.2 Å². The molecule has 0 radical (unpaired) electrons. The molecule has 0 heterocycles. The molecule has 0 aliphatic rings. The minimum atomic E-state index is -0.0150. The summed E-state index contributed by atoms with van der Waals surface area (Å²) in [6, 6.07) is 5.94. The maximum Gasteiger partial charge on any atom is 0.0702 e. The third-order valence-electron chi connectivity index (χ3n) is 2.63. The van der Waals surface area contributed by atoms with Crippen LogP contribution in [0.25, 0.3) is 0 Å². The zero-order valence-corrected chi connectivity index (χ0v) is 12.3. The summed E-state index contributed by atoms with van der Waals surface area (Å²) in [5.74, 6) is 0. The second kappa shape index (κ2) is 5.69. The Morgan fingerprint density at radius 1 is 1.41 bits per heavy atom. The van der Waals surface area contributed by atoms with Crippen molar-refractivity contribution in [3.63, 3.8) is 0 Å². The Hall–Kier alpha value is -0.800. The lowest BCUT2D eigenvalue weighted by molar-refractivity contribution is 0.281. The maximum atomic E-state index is 9.42. The highest BCUT2D eigenvalue weighted by atomic mass is 79.9. The molecule has 1 aromatic rings. The third kappa shape index (κ3) is 3.58. The summed E-state index contributed by atoms with van der Waals surface area (Å²) >= 11 is 3.48. The molecule has 2 nitrogen and oxygen atoms in total. The van der Waals surface area contributed by atoms with Crippen molar-refractivity contribution in [2.24, 2.45) is 0 Å². The molecule has 0 fully saturated rings. The van der Waals surface area contributed by atoms with Gasteiger partial charge in [0.25, 0.3) is 0 Å². The van der Waals surface area contributed by atoms with Gasteiger partial charge < -0.3 is 10.0 Å². The number of rotatable bonds is 4. The quantitative estimate of drug-likeness (QED) is 0.856. The van der Waals surface area contributed by atoms with Crippen molar-refractivity contribution in [3.05, 3.63) is 40.9 Å². The van der Waals surface area contributed by atoms with Gasteiger partial charge in [0.2, 0.25) is 0 Å². The Balaban J connectivity index is 3.25. The van der Waals surface area contributed by atoms with E-state index in [4.69, 9.17) is 0 Å². The Morgan fingerprint density at radius 3 is 2.53 bits per heavy atom. The molecule has 94 valence electrons. The Morgan fingerprint density at radius 2 is 2.06 bits per heavy atom. The van der Waals surface area contributed by atoms with Gasteiger partial charge in [0.1, 0.15) is 0 Å². The average Bonchev–Trinajstić information content (AvgIpc) is 2.24. The zero-order chi connectivity index (χ0) is 13.1. The SMILES string of the molecule is C=CCN(c1cc(Br)ccc1CO)C(C)(C)C. The highest BCUT2D eigenvalue weighted by Gasteiger charge is 2.22. The molecule has 3 heteroatoms. The van der Waals surface area contributed by atoms with Crippen LogP contribution in [-0.2, 0) is 6.61 Å². The summed E-state index contributed by atoms with van der Waals surface area (Å²) in [6.45, 7) is 11.1. The monoisotopic (exact) mass is 297 g/mol. The van der Waals surface area contributed by atoms with Gasteiger partial charge in [0.05, 0.1) is 6.61 Å². The fraction of sp³-hybridized carbons (Fsp3) is 0.429. The zero-order valence-electron chi connectivity index (χ0n) is 10.7. The third-order valence-corrected chi connectivity index (χ3v) is 3.12. The molecule has 17 heavy (non-hydrogen) atoms. The second-order valence-corrected chi connectivity index (χ2v) is 5.92. The summed E-state index contributed by atoms with van der Waals surface area (Å²) in [5.41, 5.74) is 1.97. The minimum absolute atomic E-state index is 0.0150. The van der Waals surface area contributed by atoms with Gasteiger partial charge in [-0.3, -0.25) is 0 Å². The smallest absolute Gasteiger partial charge is 0.0702 e. The molecule has 0 aliphatic heterocycles. The van der Waals surface area contributed by atoms with Crippen LogP contribution in [0, 0.1) is 0 Å². The van der Waals surface area contributed by atoms with Gasteiger partial charge in [-0.05, 0) is 32.9 Å². The van der Waals surface area contributed by atoms with Gasteiger partial charge in [-0.15, -0.1) is 6.58 Å². The highest BCUT2D eigenvalue weighted by Crippen LogP contribution is 2.30. The molecule has 0 atom stereocenters. The fourth-order valence-corrected chi connectivity index (χ4v) is 2.13. The van der Waals surface area contributed by atoms with E-state index in [9.17, 15) is 5.11 Å². The van der Waals surface area contributed by atoms with Crippen LogP contribution in [0.2, 0.25) is 0 Å². The molecular formula is C14H20BrNO. The molecule has 0 aromatic heterocycles. The van der Waals surface area contributed by atoms with Gasteiger partial charge in [-0.25, -0.2) is 0 Å². The van der Waals surface area contributed by atoms with E-state index in [1.165, 1.54) is 0 Å². The Bertz CT molecular complexity index is 396. The van der Waals surface area contributed by atoms with E-state index in [1.807, 2.05) is 24.3 Å². The number of anilines is 1. The van der Waals surface area contributed by atoms with E-state index in [0.29, 0.717) is 0 Å². The summed E-state index contributed by atoms with van der Waals surface area (Å²) in [4.78, 5) is 2.23. The first kappa shape index (κ1) is 14.3. The van der Waals surface area contributed by atoms with E-state index in [2.05, 4.69) is 48.2 Å². The van der Waals surface area contributed by atoms with Crippen LogP contribution >= 0.6 is 15.9 Å². The summed E-state index contributed by atoms with van der Waals surface area (Å²) in [5, 5.41) is 9.42. The highest BCUT2D eigenvalue weighted by molar-refractivity contribution is 9.10. The number of hydrogen-bond donors (Lipinski definition) is 1. The molecule has 0 saturated heterocycles. The molecule has 1 N–H and O–H groups in total. The molecule has 0 unspecified atom stereocenters. The van der Waals surface area contributed by atoms with Crippen molar-refractivity contribution in [2.45, 2.75) is 32.9 Å². The normalized spacial score (nSPS) is 11.4. The molecular weight excluding hydrogens is 278 g/mol. The fourth-order valence-electron chi connectivity index (χ4n) is 1.78. The van der Waals surface area contributed by atoms with Crippen LogP contribution in [0.3, 0.4) is 0 Å². The Labute approximate surface area is 112 Å². The van der Waals surface area contributed by atoms with Gasteiger partial charge in [-0.1, -0.05) is 28.1 Å². The van der Waals surface area contributed by atoms with Crippen LogP contribution in [0.4, 0.5) is 5.69 Å². The number of aliphatic hydroxyl groups excluding tert-OH is 1. The van der Waals surface area contributed by atoms with Gasteiger partial charge in [0.15, 0.2) is 0 Å². The van der Waals surface area contributed by atoms with Crippen LogP contribution < -0.4 is 4.90 Å². The lowest BCUT2D eigenvalue weighted by Crippen LogP contribution is -2.42. The van der Waals surface area contributed by atoms with Crippen molar-refractivity contribution in [3.8, 4) is 0 Å². The molecule has 0 saturated carbocycles. The first-order valence-corrected chi connectivity index (χ1v) is 6.47. The molecule has 1 aromatic carbocycles. The number of hydrogen-bond acceptors (Lipinski definition) is 2. The van der Waals surface area contributed by atoms with Crippen molar-refractivity contribution in [1.29, 1.82) is 0 Å². The van der Waals surface area contributed by atoms with E-state index in [1.54, 1.807) is 0 Å². The topological polar surface area (TPSA) is 23.5 Å². The predicted molar refractivity (Wildman–Crippen MR) is 77.4 cm³/mol. The van der Waals surface area contributed by atoms with Crippen molar-refractivity contribution in [1.82, 2.24) is 0 Å². The lowest BCUT2D eigenvalue weighted by atomic mass is 10.0. The van der Waals surface area contributed by atoms with E-state index >= 15 is 0 Å². The predicted octanol–water partition coefficient (Wildman–Crippen LogP) is 3.73. The van der Waals surface area contributed by atoms with Crippen molar-refractivity contribution in [2.75, 3.05) is 11.4 Å². The van der Waals surface area contributed by atoms with E-state index in [0.717, 1.165) is 22.3 Å². The number of aliphatic hydroxyl groups is 1. The summed E-state index contributed by atoms with van der Waals surface area (Å²) < 4.78 is 1.02. The van der Waals surface area contributed by atoms with Crippen LogP contribution in [0.15, 0.2) is 35.3 Å². The molecule has 0 spiro atoms. The largest absolute Gasteiger partial charge is 0.392 e. The van der Waals surface area contributed by atoms with Crippen molar-refractivity contribution < 1.29 is 5.11 Å². The molecule has 0 bridgehead atoms. The van der Waals surface area contributed by atoms with E-state index in [-0.39, 0.29) is 12.1 Å². The second-order valence-electron chi connectivity index (χ2n) is 5.00.